The Hall–Kier alpha value is -1.56. The molecule has 0 saturated heterocycles. The molecule has 0 aromatic carbocycles. The number of imidazole rings is 1. The van der Waals surface area contributed by atoms with E-state index in [0.29, 0.717) is 11.3 Å². The van der Waals surface area contributed by atoms with Crippen molar-refractivity contribution in [1.82, 2.24) is 15.0 Å². The van der Waals surface area contributed by atoms with Crippen molar-refractivity contribution in [2.75, 3.05) is 0 Å². The largest absolute Gasteiger partial charge is 0.417 e. The van der Waals surface area contributed by atoms with E-state index in [9.17, 15) is 13.2 Å². The van der Waals surface area contributed by atoms with Crippen molar-refractivity contribution in [2.24, 2.45) is 0 Å². The van der Waals surface area contributed by atoms with Crippen LogP contribution in [0.15, 0.2) is 31.0 Å². The Kier molecular flexibility index (Phi) is 3.54. The van der Waals surface area contributed by atoms with Gasteiger partial charge in [-0.1, -0.05) is 0 Å². The number of nitrogens with zero attached hydrogens (tertiary/aromatic N) is 2. The molecule has 86 valence electrons. The molecule has 0 saturated carbocycles. The molecule has 0 unspecified atom stereocenters. The van der Waals surface area contributed by atoms with Crippen LogP contribution in [0.3, 0.4) is 0 Å². The number of aromatic nitrogens is 3. The van der Waals surface area contributed by atoms with Crippen LogP contribution in [0, 0.1) is 0 Å². The molecule has 0 aliphatic heterocycles. The third-order valence-corrected chi connectivity index (χ3v) is 1.86. The van der Waals surface area contributed by atoms with E-state index in [0.717, 1.165) is 12.3 Å². The summed E-state index contributed by atoms with van der Waals surface area (Å²) in [5.41, 5.74) is 0.00248. The predicted molar refractivity (Wildman–Crippen MR) is 54.1 cm³/mol. The molecule has 0 aliphatic carbocycles. The van der Waals surface area contributed by atoms with E-state index < -0.39 is 11.7 Å². The zero-order valence-corrected chi connectivity index (χ0v) is 8.64. The second-order valence-corrected chi connectivity index (χ2v) is 2.91. The molecule has 0 fully saturated rings. The lowest BCUT2D eigenvalue weighted by Gasteiger charge is -2.06. The van der Waals surface area contributed by atoms with Gasteiger partial charge in [0.15, 0.2) is 0 Å². The second kappa shape index (κ2) is 4.52. The van der Waals surface area contributed by atoms with Crippen LogP contribution in [-0.4, -0.2) is 15.0 Å². The predicted octanol–water partition coefficient (Wildman–Crippen LogP) is 2.91. The molecule has 2 rings (SSSR count). The van der Waals surface area contributed by atoms with Crippen molar-refractivity contribution in [3.63, 3.8) is 0 Å². The van der Waals surface area contributed by atoms with Crippen LogP contribution in [0.2, 0.25) is 0 Å². The van der Waals surface area contributed by atoms with Gasteiger partial charge < -0.3 is 4.98 Å². The number of aromatic amines is 1. The summed E-state index contributed by atoms with van der Waals surface area (Å²) in [6.45, 7) is 0. The zero-order chi connectivity index (χ0) is 10.9. The molecular formula is C9H7ClF3N3. The minimum Gasteiger partial charge on any atom is -0.351 e. The highest BCUT2D eigenvalue weighted by molar-refractivity contribution is 5.85. The topological polar surface area (TPSA) is 41.6 Å². The van der Waals surface area contributed by atoms with Crippen LogP contribution in [0.25, 0.3) is 11.3 Å². The summed E-state index contributed by atoms with van der Waals surface area (Å²) in [6, 6.07) is 1.02. The minimum absolute atomic E-state index is 0. The van der Waals surface area contributed by atoms with Crippen molar-refractivity contribution >= 4 is 12.4 Å². The number of rotatable bonds is 1. The smallest absolute Gasteiger partial charge is 0.351 e. The fourth-order valence-corrected chi connectivity index (χ4v) is 1.15. The monoisotopic (exact) mass is 249 g/mol. The maximum atomic E-state index is 12.3. The first kappa shape index (κ1) is 12.5. The molecule has 0 atom stereocenters. The zero-order valence-electron chi connectivity index (χ0n) is 7.82. The molecule has 2 aromatic heterocycles. The first-order valence-electron chi connectivity index (χ1n) is 4.09. The lowest BCUT2D eigenvalue weighted by atomic mass is 10.1. The SMILES string of the molecule is Cl.FC(F)(F)c1cncc(-c2c[nH]cn2)c1. The second-order valence-electron chi connectivity index (χ2n) is 2.91. The molecule has 16 heavy (non-hydrogen) atoms. The van der Waals surface area contributed by atoms with E-state index >= 15 is 0 Å². The van der Waals surface area contributed by atoms with Crippen LogP contribution in [0.1, 0.15) is 5.56 Å². The van der Waals surface area contributed by atoms with Crippen LogP contribution in [0.5, 0.6) is 0 Å². The first-order valence-corrected chi connectivity index (χ1v) is 4.09. The molecule has 0 aliphatic rings. The molecule has 0 radical (unpaired) electrons. The summed E-state index contributed by atoms with van der Waals surface area (Å²) >= 11 is 0. The van der Waals surface area contributed by atoms with E-state index in [2.05, 4.69) is 15.0 Å². The average Bonchev–Trinajstić information content (AvgIpc) is 2.69. The third-order valence-electron chi connectivity index (χ3n) is 1.86. The third kappa shape index (κ3) is 2.52. The molecule has 2 heterocycles. The summed E-state index contributed by atoms with van der Waals surface area (Å²) in [5, 5.41) is 0. The van der Waals surface area contributed by atoms with Crippen molar-refractivity contribution in [2.45, 2.75) is 6.18 Å². The molecule has 0 amide bonds. The number of hydrogen-bond acceptors (Lipinski definition) is 2. The molecule has 0 spiro atoms. The molecule has 1 N–H and O–H groups in total. The lowest BCUT2D eigenvalue weighted by Crippen LogP contribution is -2.05. The van der Waals surface area contributed by atoms with Gasteiger partial charge in [0, 0.05) is 24.2 Å². The highest BCUT2D eigenvalue weighted by atomic mass is 35.5. The van der Waals surface area contributed by atoms with Gasteiger partial charge in [0.2, 0.25) is 0 Å². The molecule has 2 aromatic rings. The normalized spacial score (nSPS) is 10.9. The van der Waals surface area contributed by atoms with E-state index in [1.807, 2.05) is 0 Å². The Morgan fingerprint density at radius 3 is 2.50 bits per heavy atom. The summed E-state index contributed by atoms with van der Waals surface area (Å²) in [7, 11) is 0. The van der Waals surface area contributed by atoms with E-state index in [1.54, 1.807) is 0 Å². The molecule has 0 bridgehead atoms. The van der Waals surface area contributed by atoms with Gasteiger partial charge in [-0.25, -0.2) is 4.98 Å². The maximum Gasteiger partial charge on any atom is 0.417 e. The standard InChI is InChI=1S/C9H6F3N3.ClH/c10-9(11,12)7-1-6(2-13-3-7)8-4-14-5-15-8;/h1-5H,(H,14,15);1H. The Labute approximate surface area is 95.2 Å². The van der Waals surface area contributed by atoms with Gasteiger partial charge in [-0.2, -0.15) is 13.2 Å². The van der Waals surface area contributed by atoms with Gasteiger partial charge in [0.05, 0.1) is 17.6 Å². The summed E-state index contributed by atoms with van der Waals surface area (Å²) < 4.78 is 37.0. The minimum atomic E-state index is -4.38. The van der Waals surface area contributed by atoms with Gasteiger partial charge >= 0.3 is 6.18 Å². The number of alkyl halides is 3. The highest BCUT2D eigenvalue weighted by Crippen LogP contribution is 2.30. The Balaban J connectivity index is 0.00000128. The highest BCUT2D eigenvalue weighted by Gasteiger charge is 2.31. The van der Waals surface area contributed by atoms with Crippen molar-refractivity contribution in [3.8, 4) is 11.3 Å². The quantitative estimate of drug-likeness (QED) is 0.844. The Morgan fingerprint density at radius 1 is 1.19 bits per heavy atom. The average molecular weight is 250 g/mol. The van der Waals surface area contributed by atoms with Crippen molar-refractivity contribution in [3.05, 3.63) is 36.5 Å². The number of halogens is 4. The van der Waals surface area contributed by atoms with Crippen LogP contribution < -0.4 is 0 Å². The molecule has 7 heteroatoms. The number of nitrogens with one attached hydrogen (secondary N) is 1. The van der Waals surface area contributed by atoms with Crippen molar-refractivity contribution in [1.29, 1.82) is 0 Å². The maximum absolute atomic E-state index is 12.3. The molecule has 3 nitrogen and oxygen atoms in total. The molecular weight excluding hydrogens is 243 g/mol. The van der Waals surface area contributed by atoms with Crippen LogP contribution in [-0.2, 0) is 6.18 Å². The summed E-state index contributed by atoms with van der Waals surface area (Å²) in [6.07, 6.45) is 0.660. The van der Waals surface area contributed by atoms with Gasteiger partial charge in [0.1, 0.15) is 0 Å². The van der Waals surface area contributed by atoms with E-state index in [4.69, 9.17) is 0 Å². The van der Waals surface area contributed by atoms with E-state index in [1.165, 1.54) is 18.7 Å². The van der Waals surface area contributed by atoms with E-state index in [-0.39, 0.29) is 12.4 Å². The number of hydrogen-bond donors (Lipinski definition) is 1. The summed E-state index contributed by atoms with van der Waals surface area (Å²) in [5.74, 6) is 0. The van der Waals surface area contributed by atoms with Gasteiger partial charge in [-0.15, -0.1) is 12.4 Å². The lowest BCUT2D eigenvalue weighted by molar-refractivity contribution is -0.137. The Morgan fingerprint density at radius 2 is 1.94 bits per heavy atom. The van der Waals surface area contributed by atoms with Crippen LogP contribution in [0.4, 0.5) is 13.2 Å². The summed E-state index contributed by atoms with van der Waals surface area (Å²) in [4.78, 5) is 10.0. The van der Waals surface area contributed by atoms with Gasteiger partial charge in [-0.3, -0.25) is 4.98 Å². The fourth-order valence-electron chi connectivity index (χ4n) is 1.15. The van der Waals surface area contributed by atoms with Gasteiger partial charge in [-0.05, 0) is 6.07 Å². The van der Waals surface area contributed by atoms with Crippen molar-refractivity contribution < 1.29 is 13.2 Å². The van der Waals surface area contributed by atoms with Crippen LogP contribution >= 0.6 is 12.4 Å². The number of H-pyrrole nitrogens is 1. The Bertz CT molecular complexity index is 453. The van der Waals surface area contributed by atoms with Gasteiger partial charge in [0.25, 0.3) is 0 Å². The fraction of sp³-hybridized carbons (Fsp3) is 0.111. The number of pyridine rings is 1. The first-order chi connectivity index (χ1) is 7.07.